The molecule has 0 spiro atoms. The molecule has 2 heterocycles. The molecule has 1 aliphatic heterocycles. The number of aromatic nitrogens is 1. The van der Waals surface area contributed by atoms with Gasteiger partial charge in [0.25, 0.3) is 0 Å². The smallest absolute Gasteiger partial charge is 0.310 e. The highest BCUT2D eigenvalue weighted by Crippen LogP contribution is 2.32. The lowest BCUT2D eigenvalue weighted by molar-refractivity contribution is -0.146. The van der Waals surface area contributed by atoms with Gasteiger partial charge < -0.3 is 14.7 Å². The summed E-state index contributed by atoms with van der Waals surface area (Å²) in [6, 6.07) is 7.37. The molecule has 0 amide bonds. The summed E-state index contributed by atoms with van der Waals surface area (Å²) in [6.45, 7) is 5.76. The molecule has 1 aliphatic rings. The molecule has 0 radical (unpaired) electrons. The summed E-state index contributed by atoms with van der Waals surface area (Å²) in [5.74, 6) is 0.111. The molecule has 1 aromatic heterocycles. The lowest BCUT2D eigenvalue weighted by Gasteiger charge is -2.19. The Hall–Kier alpha value is -2.67. The van der Waals surface area contributed by atoms with Crippen LogP contribution >= 0.6 is 11.3 Å². The van der Waals surface area contributed by atoms with Gasteiger partial charge in [-0.1, -0.05) is 12.1 Å². The van der Waals surface area contributed by atoms with Crippen molar-refractivity contribution in [2.75, 3.05) is 11.4 Å². The monoisotopic (exact) mass is 371 g/mol. The van der Waals surface area contributed by atoms with Crippen molar-refractivity contribution in [2.24, 2.45) is 0 Å². The third-order valence-electron chi connectivity index (χ3n) is 3.90. The van der Waals surface area contributed by atoms with E-state index in [0.29, 0.717) is 10.6 Å². The molecule has 0 unspecified atom stereocenters. The Kier molecular flexibility index (Phi) is 5.08. The van der Waals surface area contributed by atoms with Gasteiger partial charge in [0, 0.05) is 16.8 Å². The van der Waals surface area contributed by atoms with E-state index in [1.807, 2.05) is 50.4 Å². The van der Waals surface area contributed by atoms with Crippen LogP contribution in [0, 0.1) is 12.3 Å². The number of carbonyl (C=O) groups is 1. The summed E-state index contributed by atoms with van der Waals surface area (Å²) in [4.78, 5) is 17.8. The highest BCUT2D eigenvalue weighted by atomic mass is 32.1. The van der Waals surface area contributed by atoms with Crippen LogP contribution < -0.4 is 4.90 Å². The van der Waals surface area contributed by atoms with Crippen molar-refractivity contribution in [1.82, 2.24) is 4.98 Å². The van der Waals surface area contributed by atoms with Crippen molar-refractivity contribution in [3.05, 3.63) is 51.7 Å². The van der Waals surface area contributed by atoms with E-state index in [0.717, 1.165) is 16.9 Å². The van der Waals surface area contributed by atoms with E-state index in [1.165, 1.54) is 11.3 Å². The number of thiazole rings is 1. The van der Waals surface area contributed by atoms with E-state index < -0.39 is 0 Å². The van der Waals surface area contributed by atoms with Gasteiger partial charge in [-0.05, 0) is 38.5 Å². The first-order valence-electron chi connectivity index (χ1n) is 8.34. The minimum atomic E-state index is -0.262. The number of benzene rings is 1. The van der Waals surface area contributed by atoms with Gasteiger partial charge in [0.05, 0.1) is 24.6 Å². The standard InChI is InChI=1S/C19H21N3O3S/c1-11(2)25-16(24)8-13-4-6-14(7-5-13)22-9-15(23)17(18(22)20)19-21-12(3)10-26-19/h4-7,10-11,20,23H,8-9H2,1-3H3. The third kappa shape index (κ3) is 3.77. The Balaban J connectivity index is 1.73. The number of rotatable bonds is 5. The Morgan fingerprint density at radius 2 is 2.08 bits per heavy atom. The fourth-order valence-corrected chi connectivity index (χ4v) is 3.62. The molecule has 0 saturated heterocycles. The molecule has 0 atom stereocenters. The molecule has 6 nitrogen and oxygen atoms in total. The van der Waals surface area contributed by atoms with Crippen LogP contribution in [0.1, 0.15) is 30.1 Å². The van der Waals surface area contributed by atoms with Crippen LogP contribution in [0.25, 0.3) is 5.57 Å². The average Bonchev–Trinajstić information content (AvgIpc) is 3.10. The maximum atomic E-state index is 11.7. The van der Waals surface area contributed by atoms with Crippen LogP contribution in [0.3, 0.4) is 0 Å². The van der Waals surface area contributed by atoms with E-state index in [2.05, 4.69) is 4.98 Å². The van der Waals surface area contributed by atoms with Gasteiger partial charge in [-0.25, -0.2) is 4.98 Å². The lowest BCUT2D eigenvalue weighted by atomic mass is 10.1. The van der Waals surface area contributed by atoms with E-state index >= 15 is 0 Å². The van der Waals surface area contributed by atoms with Crippen molar-refractivity contribution >= 4 is 34.4 Å². The SMILES string of the molecule is Cc1csc(C2=C(O)CN(c3ccc(CC(=O)OC(C)C)cc3)C2=N)n1. The van der Waals surface area contributed by atoms with E-state index in [1.54, 1.807) is 4.90 Å². The number of nitrogens with zero attached hydrogens (tertiary/aromatic N) is 2. The van der Waals surface area contributed by atoms with Gasteiger partial charge in [-0.15, -0.1) is 11.3 Å². The van der Waals surface area contributed by atoms with Crippen LogP contribution in [-0.4, -0.2) is 34.5 Å². The molecule has 3 rings (SSSR count). The van der Waals surface area contributed by atoms with Crippen LogP contribution in [0.15, 0.2) is 35.4 Å². The quantitative estimate of drug-likeness (QED) is 0.783. The molecule has 1 aromatic carbocycles. The minimum Gasteiger partial charge on any atom is -0.510 e. The third-order valence-corrected chi connectivity index (χ3v) is 4.88. The molecule has 0 bridgehead atoms. The van der Waals surface area contributed by atoms with Crippen molar-refractivity contribution in [1.29, 1.82) is 5.41 Å². The summed E-state index contributed by atoms with van der Waals surface area (Å²) >= 11 is 1.42. The normalized spacial score (nSPS) is 14.5. The topological polar surface area (TPSA) is 86.5 Å². The van der Waals surface area contributed by atoms with Crippen molar-refractivity contribution in [3.63, 3.8) is 0 Å². The lowest BCUT2D eigenvalue weighted by Crippen LogP contribution is -2.26. The summed E-state index contributed by atoms with van der Waals surface area (Å²) in [5.41, 5.74) is 2.98. The number of aryl methyl sites for hydroxylation is 1. The summed E-state index contributed by atoms with van der Waals surface area (Å²) in [7, 11) is 0. The summed E-state index contributed by atoms with van der Waals surface area (Å²) in [6.07, 6.45) is 0.0806. The van der Waals surface area contributed by atoms with Crippen LogP contribution in [0.5, 0.6) is 0 Å². The number of ether oxygens (including phenoxy) is 1. The molecule has 0 saturated carbocycles. The van der Waals surface area contributed by atoms with Gasteiger partial charge in [0.2, 0.25) is 0 Å². The molecule has 2 aromatic rings. The number of aliphatic hydroxyl groups excluding tert-OH is 1. The maximum absolute atomic E-state index is 11.7. The fraction of sp³-hybridized carbons (Fsp3) is 0.316. The van der Waals surface area contributed by atoms with Gasteiger partial charge >= 0.3 is 5.97 Å². The number of carbonyl (C=O) groups excluding carboxylic acids is 1. The fourth-order valence-electron chi connectivity index (χ4n) is 2.76. The van der Waals surface area contributed by atoms with Crippen molar-refractivity contribution in [3.8, 4) is 0 Å². The predicted molar refractivity (Wildman–Crippen MR) is 103 cm³/mol. The Morgan fingerprint density at radius 1 is 1.38 bits per heavy atom. The zero-order valence-corrected chi connectivity index (χ0v) is 15.8. The molecular formula is C19H21N3O3S. The second-order valence-electron chi connectivity index (χ2n) is 6.43. The molecule has 0 fully saturated rings. The van der Waals surface area contributed by atoms with Gasteiger partial charge in [-0.3, -0.25) is 10.2 Å². The summed E-state index contributed by atoms with van der Waals surface area (Å²) < 4.78 is 5.15. The zero-order valence-electron chi connectivity index (χ0n) is 14.9. The average molecular weight is 371 g/mol. The van der Waals surface area contributed by atoms with E-state index in [-0.39, 0.29) is 36.6 Å². The van der Waals surface area contributed by atoms with Crippen LogP contribution in [0.4, 0.5) is 5.69 Å². The molecular weight excluding hydrogens is 350 g/mol. The van der Waals surface area contributed by atoms with Gasteiger partial charge in [0.15, 0.2) is 0 Å². The number of aliphatic hydroxyl groups is 1. The van der Waals surface area contributed by atoms with Crippen LogP contribution in [0.2, 0.25) is 0 Å². The largest absolute Gasteiger partial charge is 0.510 e. The number of hydrogen-bond donors (Lipinski definition) is 2. The number of hydrogen-bond acceptors (Lipinski definition) is 6. The van der Waals surface area contributed by atoms with Crippen LogP contribution in [-0.2, 0) is 16.0 Å². The van der Waals surface area contributed by atoms with E-state index in [4.69, 9.17) is 10.1 Å². The second-order valence-corrected chi connectivity index (χ2v) is 7.29. The number of nitrogens with one attached hydrogen (secondary N) is 1. The molecule has 2 N–H and O–H groups in total. The van der Waals surface area contributed by atoms with Gasteiger partial charge in [-0.2, -0.15) is 0 Å². The summed E-state index contributed by atoms with van der Waals surface area (Å²) in [5, 5.41) is 21.3. The molecule has 26 heavy (non-hydrogen) atoms. The minimum absolute atomic E-state index is 0.131. The first-order valence-corrected chi connectivity index (χ1v) is 9.22. The van der Waals surface area contributed by atoms with E-state index in [9.17, 15) is 9.90 Å². The Morgan fingerprint density at radius 3 is 2.65 bits per heavy atom. The highest BCUT2D eigenvalue weighted by molar-refractivity contribution is 7.11. The highest BCUT2D eigenvalue weighted by Gasteiger charge is 2.31. The maximum Gasteiger partial charge on any atom is 0.310 e. The molecule has 7 heteroatoms. The number of amidine groups is 1. The van der Waals surface area contributed by atoms with Crippen molar-refractivity contribution in [2.45, 2.75) is 33.3 Å². The predicted octanol–water partition coefficient (Wildman–Crippen LogP) is 3.71. The second kappa shape index (κ2) is 7.29. The number of anilines is 1. The number of esters is 1. The first kappa shape index (κ1) is 18.1. The first-order chi connectivity index (χ1) is 12.3. The molecule has 136 valence electrons. The van der Waals surface area contributed by atoms with Crippen molar-refractivity contribution < 1.29 is 14.6 Å². The Labute approximate surface area is 156 Å². The van der Waals surface area contributed by atoms with Gasteiger partial charge in [0.1, 0.15) is 16.6 Å². The zero-order chi connectivity index (χ0) is 18.8. The Bertz CT molecular complexity index is 868. The molecule has 0 aliphatic carbocycles.